The Balaban J connectivity index is 1.54. The van der Waals surface area contributed by atoms with Gasteiger partial charge in [0.05, 0.1) is 31.4 Å². The molecule has 0 atom stereocenters. The first kappa shape index (κ1) is 20.0. The Kier molecular flexibility index (Phi) is 5.49. The maximum absolute atomic E-state index is 14.0. The van der Waals surface area contributed by atoms with Crippen molar-refractivity contribution in [1.82, 2.24) is 19.7 Å². The molecule has 1 aliphatic heterocycles. The second kappa shape index (κ2) is 8.23. The number of halogens is 3. The highest BCUT2D eigenvalue weighted by Crippen LogP contribution is 2.25. The predicted octanol–water partition coefficient (Wildman–Crippen LogP) is 2.29. The summed E-state index contributed by atoms with van der Waals surface area (Å²) in [6, 6.07) is 2.88. The summed E-state index contributed by atoms with van der Waals surface area (Å²) in [5.74, 6) is -0.522. The molecule has 0 N–H and O–H groups in total. The first-order chi connectivity index (χ1) is 14.5. The van der Waals surface area contributed by atoms with E-state index in [9.17, 15) is 13.6 Å². The van der Waals surface area contributed by atoms with Crippen LogP contribution >= 0.6 is 11.6 Å². The van der Waals surface area contributed by atoms with Gasteiger partial charge in [-0.1, -0.05) is 11.6 Å². The van der Waals surface area contributed by atoms with Crippen molar-refractivity contribution in [2.24, 2.45) is 0 Å². The molecule has 8 nitrogen and oxygen atoms in total. The third-order valence-electron chi connectivity index (χ3n) is 4.79. The Morgan fingerprint density at radius 1 is 1.03 bits per heavy atom. The maximum Gasteiger partial charge on any atom is 0.292 e. The van der Waals surface area contributed by atoms with Crippen molar-refractivity contribution in [1.29, 1.82) is 0 Å². The van der Waals surface area contributed by atoms with Gasteiger partial charge in [0, 0.05) is 32.2 Å². The number of anilines is 2. The third kappa shape index (κ3) is 3.78. The molecule has 2 aromatic heterocycles. The molecule has 11 heteroatoms. The molecule has 0 spiro atoms. The molecule has 4 rings (SSSR count). The van der Waals surface area contributed by atoms with Gasteiger partial charge in [0.25, 0.3) is 5.56 Å². The summed E-state index contributed by atoms with van der Waals surface area (Å²) in [5, 5.41) is 3.96. The van der Waals surface area contributed by atoms with Crippen molar-refractivity contribution < 1.29 is 13.5 Å². The molecular weight excluding hydrogens is 418 g/mol. The van der Waals surface area contributed by atoms with Gasteiger partial charge in [0.2, 0.25) is 5.88 Å². The molecule has 0 bridgehead atoms. The Morgan fingerprint density at radius 2 is 1.77 bits per heavy atom. The van der Waals surface area contributed by atoms with E-state index < -0.39 is 17.2 Å². The van der Waals surface area contributed by atoms with Crippen LogP contribution in [-0.2, 0) is 0 Å². The fraction of sp³-hybridized carbons (Fsp3) is 0.263. The second-order valence-corrected chi connectivity index (χ2v) is 6.93. The van der Waals surface area contributed by atoms with Gasteiger partial charge in [-0.05, 0) is 12.1 Å². The van der Waals surface area contributed by atoms with Crippen molar-refractivity contribution in [3.8, 4) is 11.6 Å². The molecule has 156 valence electrons. The Hall–Kier alpha value is -3.27. The van der Waals surface area contributed by atoms with E-state index >= 15 is 0 Å². The molecule has 0 radical (unpaired) electrons. The fourth-order valence-corrected chi connectivity index (χ4v) is 3.48. The fourth-order valence-electron chi connectivity index (χ4n) is 3.23. The average Bonchev–Trinajstić information content (AvgIpc) is 2.76. The summed E-state index contributed by atoms with van der Waals surface area (Å²) in [5.41, 5.74) is -0.395. The van der Waals surface area contributed by atoms with Gasteiger partial charge in [0.1, 0.15) is 16.5 Å². The number of hydrogen-bond donors (Lipinski definition) is 0. The average molecular weight is 435 g/mol. The quantitative estimate of drug-likeness (QED) is 0.623. The highest BCUT2D eigenvalue weighted by Gasteiger charge is 2.23. The zero-order valence-electron chi connectivity index (χ0n) is 15.9. The molecule has 0 unspecified atom stereocenters. The number of ether oxygens (including phenoxy) is 1. The van der Waals surface area contributed by atoms with Gasteiger partial charge in [-0.15, -0.1) is 0 Å². The lowest BCUT2D eigenvalue weighted by Gasteiger charge is -2.36. The molecule has 1 fully saturated rings. The van der Waals surface area contributed by atoms with Crippen LogP contribution in [0.1, 0.15) is 0 Å². The predicted molar refractivity (Wildman–Crippen MR) is 108 cm³/mol. The van der Waals surface area contributed by atoms with Gasteiger partial charge in [-0.3, -0.25) is 9.78 Å². The first-order valence-corrected chi connectivity index (χ1v) is 9.45. The molecule has 1 saturated heterocycles. The van der Waals surface area contributed by atoms with Crippen molar-refractivity contribution in [3.63, 3.8) is 0 Å². The normalized spacial score (nSPS) is 14.1. The molecular formula is C19H17ClF2N6O2. The summed E-state index contributed by atoms with van der Waals surface area (Å²) in [4.78, 5) is 25.1. The van der Waals surface area contributed by atoms with E-state index in [1.165, 1.54) is 19.5 Å². The van der Waals surface area contributed by atoms with E-state index in [0.29, 0.717) is 49.6 Å². The van der Waals surface area contributed by atoms with Gasteiger partial charge in [0.15, 0.2) is 11.6 Å². The number of piperazine rings is 1. The summed E-state index contributed by atoms with van der Waals surface area (Å²) in [6.07, 6.45) is 4.60. The monoisotopic (exact) mass is 434 g/mol. The molecule has 0 amide bonds. The standard InChI is InChI=1S/C19H17ClF2N6O2/c1-30-17-11-23-10-16(25-17)27-6-4-26(5-7-27)15-9-24-28(19(29)18(15)20)14-3-2-12(21)8-13(14)22/h2-3,8-11H,4-7H2,1H3. The van der Waals surface area contributed by atoms with E-state index in [4.69, 9.17) is 16.3 Å². The van der Waals surface area contributed by atoms with Crippen molar-refractivity contribution >= 4 is 23.1 Å². The zero-order valence-corrected chi connectivity index (χ0v) is 16.7. The van der Waals surface area contributed by atoms with Crippen LogP contribution in [0.15, 0.2) is 41.6 Å². The van der Waals surface area contributed by atoms with E-state index in [1.54, 1.807) is 6.20 Å². The maximum atomic E-state index is 14.0. The van der Waals surface area contributed by atoms with Crippen LogP contribution in [0.3, 0.4) is 0 Å². The number of hydrogen-bond acceptors (Lipinski definition) is 7. The van der Waals surface area contributed by atoms with Crippen molar-refractivity contribution in [3.05, 3.63) is 63.8 Å². The Bertz CT molecular complexity index is 1130. The molecule has 1 aromatic carbocycles. The van der Waals surface area contributed by atoms with E-state index in [1.807, 2.05) is 9.80 Å². The smallest absolute Gasteiger partial charge is 0.292 e. The minimum atomic E-state index is -0.901. The van der Waals surface area contributed by atoms with Crippen LogP contribution in [-0.4, -0.2) is 53.0 Å². The largest absolute Gasteiger partial charge is 0.480 e. The molecule has 30 heavy (non-hydrogen) atoms. The van der Waals surface area contributed by atoms with Crippen LogP contribution in [0.25, 0.3) is 5.69 Å². The summed E-state index contributed by atoms with van der Waals surface area (Å²) in [6.45, 7) is 2.37. The molecule has 0 saturated carbocycles. The molecule has 1 aliphatic rings. The van der Waals surface area contributed by atoms with E-state index in [0.717, 1.165) is 16.8 Å². The Morgan fingerprint density at radius 3 is 2.47 bits per heavy atom. The SMILES string of the molecule is COc1cncc(N2CCN(c3cnn(-c4ccc(F)cc4F)c(=O)c3Cl)CC2)n1. The summed E-state index contributed by atoms with van der Waals surface area (Å²) < 4.78 is 33.1. The molecule has 3 heterocycles. The lowest BCUT2D eigenvalue weighted by atomic mass is 10.2. The van der Waals surface area contributed by atoms with Crippen LogP contribution in [0.4, 0.5) is 20.3 Å². The van der Waals surface area contributed by atoms with E-state index in [-0.39, 0.29) is 10.7 Å². The highest BCUT2D eigenvalue weighted by molar-refractivity contribution is 6.33. The van der Waals surface area contributed by atoms with Crippen molar-refractivity contribution in [2.45, 2.75) is 0 Å². The van der Waals surface area contributed by atoms with E-state index in [2.05, 4.69) is 15.1 Å². The number of aromatic nitrogens is 4. The number of methoxy groups -OCH3 is 1. The minimum Gasteiger partial charge on any atom is -0.480 e. The molecule has 3 aromatic rings. The van der Waals surface area contributed by atoms with Crippen LogP contribution in [0, 0.1) is 11.6 Å². The lowest BCUT2D eigenvalue weighted by Crippen LogP contribution is -2.47. The lowest BCUT2D eigenvalue weighted by molar-refractivity contribution is 0.395. The van der Waals surface area contributed by atoms with Gasteiger partial charge in [-0.25, -0.2) is 8.78 Å². The van der Waals surface area contributed by atoms with Gasteiger partial charge < -0.3 is 14.5 Å². The number of nitrogens with zero attached hydrogens (tertiary/aromatic N) is 6. The van der Waals surface area contributed by atoms with Crippen LogP contribution < -0.4 is 20.1 Å². The highest BCUT2D eigenvalue weighted by atomic mass is 35.5. The van der Waals surface area contributed by atoms with Crippen LogP contribution in [0.5, 0.6) is 5.88 Å². The van der Waals surface area contributed by atoms with Crippen LogP contribution in [0.2, 0.25) is 5.02 Å². The third-order valence-corrected chi connectivity index (χ3v) is 5.15. The first-order valence-electron chi connectivity index (χ1n) is 9.07. The zero-order chi connectivity index (χ0) is 21.3. The summed E-state index contributed by atoms with van der Waals surface area (Å²) >= 11 is 6.29. The number of benzene rings is 1. The Labute approximate surface area is 175 Å². The van der Waals surface area contributed by atoms with Gasteiger partial charge in [-0.2, -0.15) is 14.8 Å². The topological polar surface area (TPSA) is 76.4 Å². The van der Waals surface area contributed by atoms with Crippen molar-refractivity contribution in [2.75, 3.05) is 43.1 Å². The molecule has 0 aliphatic carbocycles. The van der Waals surface area contributed by atoms with Gasteiger partial charge >= 0.3 is 0 Å². The number of rotatable bonds is 4. The minimum absolute atomic E-state index is 0.0802. The second-order valence-electron chi connectivity index (χ2n) is 6.55. The summed E-state index contributed by atoms with van der Waals surface area (Å²) in [7, 11) is 1.53.